The first kappa shape index (κ1) is 22.6. The van der Waals surface area contributed by atoms with E-state index >= 15 is 0 Å². The van der Waals surface area contributed by atoms with Crippen molar-refractivity contribution in [1.29, 1.82) is 0 Å². The van der Waals surface area contributed by atoms with Crippen molar-refractivity contribution in [3.63, 3.8) is 0 Å². The lowest BCUT2D eigenvalue weighted by molar-refractivity contribution is -0.161. The Bertz CT molecular complexity index is 895. The van der Waals surface area contributed by atoms with Crippen LogP contribution in [0.2, 0.25) is 0 Å². The highest BCUT2D eigenvalue weighted by Crippen LogP contribution is 2.58. The number of cyclic esters (lactones) is 1. The van der Waals surface area contributed by atoms with Gasteiger partial charge >= 0.3 is 5.97 Å². The number of esters is 1. The maximum Gasteiger partial charge on any atom is 0.313 e. The van der Waals surface area contributed by atoms with Gasteiger partial charge in [-0.25, -0.2) is 0 Å². The minimum atomic E-state index is -1.28. The van der Waals surface area contributed by atoms with Crippen molar-refractivity contribution in [1.82, 2.24) is 9.80 Å². The fourth-order valence-corrected chi connectivity index (χ4v) is 6.84. The number of carbonyl (C=O) groups is 3. The van der Waals surface area contributed by atoms with E-state index in [9.17, 15) is 19.5 Å². The van der Waals surface area contributed by atoms with E-state index in [1.54, 1.807) is 13.0 Å². The van der Waals surface area contributed by atoms with E-state index in [0.29, 0.717) is 13.0 Å². The third-order valence-corrected chi connectivity index (χ3v) is 8.42. The van der Waals surface area contributed by atoms with E-state index in [1.165, 1.54) is 11.3 Å². The molecule has 1 spiro atoms. The molecule has 2 saturated heterocycles. The second-order valence-electron chi connectivity index (χ2n) is 10.1. The van der Waals surface area contributed by atoms with E-state index < -0.39 is 41.1 Å². The van der Waals surface area contributed by atoms with E-state index in [2.05, 4.69) is 0 Å². The summed E-state index contributed by atoms with van der Waals surface area (Å²) in [5, 5.41) is 9.98. The fourth-order valence-electron chi connectivity index (χ4n) is 6.84. The molecule has 1 unspecified atom stereocenters. The van der Waals surface area contributed by atoms with Crippen LogP contribution in [0.15, 0.2) is 24.3 Å². The molecule has 180 valence electrons. The summed E-state index contributed by atoms with van der Waals surface area (Å²) in [7, 11) is 0. The van der Waals surface area contributed by atoms with Crippen LogP contribution in [0.4, 0.5) is 0 Å². The number of nitrogens with zero attached hydrogens (tertiary/aromatic N) is 2. The summed E-state index contributed by atoms with van der Waals surface area (Å²) in [6.07, 6.45) is 13.1. The lowest BCUT2D eigenvalue weighted by atomic mass is 9.73. The van der Waals surface area contributed by atoms with Gasteiger partial charge in [0.25, 0.3) is 0 Å². The molecule has 5 aliphatic rings. The van der Waals surface area contributed by atoms with Crippen LogP contribution in [0.3, 0.4) is 0 Å². The Morgan fingerprint density at radius 2 is 1.85 bits per heavy atom. The van der Waals surface area contributed by atoms with E-state index in [1.807, 2.05) is 30.1 Å². The molecule has 0 aromatic heterocycles. The predicted molar refractivity (Wildman–Crippen MR) is 119 cm³/mol. The van der Waals surface area contributed by atoms with Crippen molar-refractivity contribution in [2.75, 3.05) is 19.8 Å². The summed E-state index contributed by atoms with van der Waals surface area (Å²) < 4.78 is 12.2. The maximum atomic E-state index is 14.2. The van der Waals surface area contributed by atoms with Crippen molar-refractivity contribution >= 4 is 17.8 Å². The summed E-state index contributed by atoms with van der Waals surface area (Å²) in [4.78, 5) is 44.7. The van der Waals surface area contributed by atoms with Gasteiger partial charge in [-0.2, -0.15) is 0 Å². The van der Waals surface area contributed by atoms with Crippen LogP contribution in [0.5, 0.6) is 0 Å². The number of likely N-dealkylation sites (tertiary alicyclic amines) is 1. The Kier molecular flexibility index (Phi) is 5.64. The van der Waals surface area contributed by atoms with Gasteiger partial charge in [-0.3, -0.25) is 14.4 Å². The van der Waals surface area contributed by atoms with Crippen molar-refractivity contribution in [3.8, 4) is 0 Å². The molecule has 2 amide bonds. The Hall–Kier alpha value is -2.19. The average Bonchev–Trinajstić information content (AvgIpc) is 3.11. The quantitative estimate of drug-likeness (QED) is 0.508. The summed E-state index contributed by atoms with van der Waals surface area (Å²) in [6, 6.07) is -1.37. The summed E-state index contributed by atoms with van der Waals surface area (Å²) in [5.74, 6) is -2.66. The van der Waals surface area contributed by atoms with Gasteiger partial charge in [-0.1, -0.05) is 44.4 Å². The number of rotatable bonds is 4. The van der Waals surface area contributed by atoms with Gasteiger partial charge in [0.1, 0.15) is 29.8 Å². The minimum absolute atomic E-state index is 0.128. The predicted octanol–water partition coefficient (Wildman–Crippen LogP) is 1.57. The monoisotopic (exact) mass is 458 g/mol. The second-order valence-corrected chi connectivity index (χ2v) is 10.1. The number of hydrogen-bond acceptors (Lipinski definition) is 6. The molecular formula is C25H34N2O6. The van der Waals surface area contributed by atoms with Crippen LogP contribution in [-0.4, -0.2) is 81.8 Å². The van der Waals surface area contributed by atoms with Crippen molar-refractivity contribution in [3.05, 3.63) is 24.3 Å². The van der Waals surface area contributed by atoms with Gasteiger partial charge in [0.2, 0.25) is 11.8 Å². The Balaban J connectivity index is 1.64. The van der Waals surface area contributed by atoms with E-state index in [4.69, 9.17) is 9.47 Å². The second kappa shape index (κ2) is 8.24. The zero-order chi connectivity index (χ0) is 23.4. The molecule has 8 heteroatoms. The molecule has 6 atom stereocenters. The van der Waals surface area contributed by atoms with Gasteiger partial charge in [-0.15, -0.1) is 0 Å². The van der Waals surface area contributed by atoms with Crippen LogP contribution in [0, 0.1) is 11.8 Å². The summed E-state index contributed by atoms with van der Waals surface area (Å²) in [6.45, 7) is 3.98. The highest BCUT2D eigenvalue weighted by atomic mass is 16.6. The van der Waals surface area contributed by atoms with Crippen LogP contribution < -0.4 is 0 Å². The molecule has 0 aromatic rings. The SMILES string of the molecule is CC[C@@]12C=CCOC(=O)[C@@H]1[C@H]1C(=O)N([C@H](C)CO)C3C(=O)N(C4CCCCC4)CC=C[C@@]31O2. The summed E-state index contributed by atoms with van der Waals surface area (Å²) >= 11 is 0. The molecule has 0 aromatic carbocycles. The van der Waals surface area contributed by atoms with Crippen molar-refractivity contribution < 1.29 is 29.0 Å². The zero-order valence-corrected chi connectivity index (χ0v) is 19.4. The number of ether oxygens (including phenoxy) is 2. The Labute approximate surface area is 194 Å². The number of aliphatic hydroxyl groups excluding tert-OH is 1. The highest BCUT2D eigenvalue weighted by molar-refractivity contribution is 5.99. The number of amides is 2. The highest BCUT2D eigenvalue weighted by Gasteiger charge is 2.76. The number of fused-ring (bicyclic) bond motifs is 2. The van der Waals surface area contributed by atoms with Crippen LogP contribution in [0.1, 0.15) is 52.4 Å². The number of aliphatic hydroxyl groups is 1. The molecule has 0 radical (unpaired) electrons. The van der Waals surface area contributed by atoms with Gasteiger partial charge in [0.15, 0.2) is 0 Å². The molecule has 1 aliphatic carbocycles. The van der Waals surface area contributed by atoms with E-state index in [-0.39, 0.29) is 31.1 Å². The molecule has 1 N–H and O–H groups in total. The third kappa shape index (κ3) is 3.13. The molecule has 4 heterocycles. The van der Waals surface area contributed by atoms with Gasteiger partial charge in [0.05, 0.1) is 18.6 Å². The Morgan fingerprint density at radius 3 is 2.55 bits per heavy atom. The van der Waals surface area contributed by atoms with Crippen molar-refractivity contribution in [2.45, 2.75) is 81.7 Å². The molecule has 0 bridgehead atoms. The normalized spacial score (nSPS) is 39.6. The number of hydrogen-bond donors (Lipinski definition) is 1. The molecule has 8 nitrogen and oxygen atoms in total. The average molecular weight is 459 g/mol. The van der Waals surface area contributed by atoms with Crippen LogP contribution in [0.25, 0.3) is 0 Å². The smallest absolute Gasteiger partial charge is 0.313 e. The Morgan fingerprint density at radius 1 is 1.09 bits per heavy atom. The minimum Gasteiger partial charge on any atom is -0.461 e. The molecular weight excluding hydrogens is 424 g/mol. The largest absolute Gasteiger partial charge is 0.461 e. The zero-order valence-electron chi connectivity index (χ0n) is 19.4. The lowest BCUT2D eigenvalue weighted by Crippen LogP contribution is -2.59. The van der Waals surface area contributed by atoms with Crippen molar-refractivity contribution in [2.24, 2.45) is 11.8 Å². The molecule has 1 saturated carbocycles. The van der Waals surface area contributed by atoms with Crippen LogP contribution >= 0.6 is 0 Å². The molecule has 5 rings (SSSR count). The molecule has 33 heavy (non-hydrogen) atoms. The summed E-state index contributed by atoms with van der Waals surface area (Å²) in [5.41, 5.74) is -2.28. The first-order valence-corrected chi connectivity index (χ1v) is 12.4. The van der Waals surface area contributed by atoms with E-state index in [0.717, 1.165) is 25.7 Å². The third-order valence-electron chi connectivity index (χ3n) is 8.42. The van der Waals surface area contributed by atoms with Gasteiger partial charge in [0, 0.05) is 12.6 Å². The maximum absolute atomic E-state index is 14.2. The van der Waals surface area contributed by atoms with Gasteiger partial charge in [-0.05, 0) is 32.3 Å². The van der Waals surface area contributed by atoms with Gasteiger partial charge < -0.3 is 24.4 Å². The lowest BCUT2D eigenvalue weighted by Gasteiger charge is -2.41. The fraction of sp³-hybridized carbons (Fsp3) is 0.720. The topological polar surface area (TPSA) is 96.4 Å². The molecule has 3 fully saturated rings. The first-order chi connectivity index (χ1) is 15.9. The first-order valence-electron chi connectivity index (χ1n) is 12.4. The number of carbonyl (C=O) groups excluding carboxylic acids is 3. The molecule has 4 aliphatic heterocycles. The van der Waals surface area contributed by atoms with Crippen LogP contribution in [-0.2, 0) is 23.9 Å². The standard InChI is InChI=1S/C25H34N2O6/c1-3-24-11-8-14-32-23(31)19(24)18-21(29)27(16(2)15-28)20-22(30)26(17-9-5-4-6-10-17)13-7-12-25(18,20)33-24/h7-8,11-12,16-20,28H,3-6,9-10,13-15H2,1-2H3/t16-,18+,19+,20?,24-,25+/m1/s1.